The average molecular weight is 306 g/mol. The Balaban J connectivity index is 1.90. The molecule has 1 heterocycles. The number of nitrogens with zero attached hydrogens (tertiary/aromatic N) is 2. The Morgan fingerprint density at radius 1 is 1.33 bits per heavy atom. The normalized spacial score (nSPS) is 10.6. The predicted molar refractivity (Wildman–Crippen MR) is 82.3 cm³/mol. The first-order chi connectivity index (χ1) is 10.1. The molecule has 0 unspecified atom stereocenters. The number of amides is 1. The van der Waals surface area contributed by atoms with E-state index in [4.69, 9.17) is 10.2 Å². The number of anilines is 1. The van der Waals surface area contributed by atoms with Crippen molar-refractivity contribution >= 4 is 23.4 Å². The molecule has 0 spiro atoms. The van der Waals surface area contributed by atoms with Gasteiger partial charge in [0.25, 0.3) is 5.22 Å². The zero-order valence-corrected chi connectivity index (χ0v) is 12.9. The van der Waals surface area contributed by atoms with Gasteiger partial charge in [-0.25, -0.2) is 0 Å². The molecule has 0 saturated heterocycles. The van der Waals surface area contributed by atoms with Crippen LogP contribution >= 0.6 is 11.8 Å². The second-order valence-corrected chi connectivity index (χ2v) is 5.53. The number of para-hydroxylation sites is 1. The fraction of sp³-hybridized carbons (Fsp3) is 0.357. The Morgan fingerprint density at radius 3 is 2.71 bits per heavy atom. The van der Waals surface area contributed by atoms with Gasteiger partial charge in [0.1, 0.15) is 0 Å². The molecule has 3 N–H and O–H groups in total. The molecule has 0 radical (unpaired) electrons. The SMILES string of the molecule is Cc1cccc(C)c1NC(=O)CSc1nnc(CCN)o1. The molecule has 0 saturated carbocycles. The van der Waals surface area contributed by atoms with Gasteiger partial charge >= 0.3 is 0 Å². The minimum Gasteiger partial charge on any atom is -0.416 e. The van der Waals surface area contributed by atoms with E-state index in [-0.39, 0.29) is 11.7 Å². The average Bonchev–Trinajstić information content (AvgIpc) is 2.89. The Bertz CT molecular complexity index is 607. The Labute approximate surface area is 127 Å². The van der Waals surface area contributed by atoms with Gasteiger partial charge in [0.05, 0.1) is 5.75 Å². The highest BCUT2D eigenvalue weighted by molar-refractivity contribution is 7.99. The van der Waals surface area contributed by atoms with Crippen molar-refractivity contribution in [1.82, 2.24) is 10.2 Å². The number of benzene rings is 1. The van der Waals surface area contributed by atoms with Crippen molar-refractivity contribution in [2.75, 3.05) is 17.6 Å². The largest absolute Gasteiger partial charge is 0.416 e. The third-order valence-corrected chi connectivity index (χ3v) is 3.70. The van der Waals surface area contributed by atoms with E-state index in [1.165, 1.54) is 11.8 Å². The third-order valence-electron chi connectivity index (χ3n) is 2.88. The lowest BCUT2D eigenvalue weighted by Gasteiger charge is -2.10. The van der Waals surface area contributed by atoms with Crippen molar-refractivity contribution in [3.05, 3.63) is 35.2 Å². The molecule has 1 aromatic heterocycles. The van der Waals surface area contributed by atoms with E-state index < -0.39 is 0 Å². The molecule has 2 rings (SSSR count). The maximum Gasteiger partial charge on any atom is 0.277 e. The van der Waals surface area contributed by atoms with Crippen LogP contribution in [0, 0.1) is 13.8 Å². The molecule has 7 heteroatoms. The number of nitrogens with one attached hydrogen (secondary N) is 1. The molecular weight excluding hydrogens is 288 g/mol. The van der Waals surface area contributed by atoms with Gasteiger partial charge in [0.15, 0.2) is 0 Å². The zero-order valence-electron chi connectivity index (χ0n) is 12.0. The van der Waals surface area contributed by atoms with Gasteiger partial charge in [0, 0.05) is 18.7 Å². The Hall–Kier alpha value is -1.86. The van der Waals surface area contributed by atoms with Gasteiger partial charge in [-0.2, -0.15) is 0 Å². The van der Waals surface area contributed by atoms with Crippen LogP contribution in [0.5, 0.6) is 0 Å². The zero-order chi connectivity index (χ0) is 15.2. The summed E-state index contributed by atoms with van der Waals surface area (Å²) in [7, 11) is 0. The molecule has 112 valence electrons. The van der Waals surface area contributed by atoms with Crippen LogP contribution in [0.4, 0.5) is 5.69 Å². The van der Waals surface area contributed by atoms with Gasteiger partial charge < -0.3 is 15.5 Å². The highest BCUT2D eigenvalue weighted by Gasteiger charge is 2.11. The van der Waals surface area contributed by atoms with E-state index in [9.17, 15) is 4.79 Å². The quantitative estimate of drug-likeness (QED) is 0.792. The first-order valence-electron chi connectivity index (χ1n) is 6.61. The molecule has 6 nitrogen and oxygen atoms in total. The number of hydrogen-bond acceptors (Lipinski definition) is 6. The summed E-state index contributed by atoms with van der Waals surface area (Å²) in [4.78, 5) is 12.0. The first-order valence-corrected chi connectivity index (χ1v) is 7.60. The van der Waals surface area contributed by atoms with Crippen molar-refractivity contribution in [1.29, 1.82) is 0 Å². The van der Waals surface area contributed by atoms with Crippen LogP contribution in [0.15, 0.2) is 27.8 Å². The minimum absolute atomic E-state index is 0.101. The van der Waals surface area contributed by atoms with Crippen molar-refractivity contribution in [3.8, 4) is 0 Å². The van der Waals surface area contributed by atoms with Gasteiger partial charge in [-0.05, 0) is 25.0 Å². The second-order valence-electron chi connectivity index (χ2n) is 4.60. The summed E-state index contributed by atoms with van der Waals surface area (Å²) in [5.41, 5.74) is 8.34. The first kappa shape index (κ1) is 15.5. The van der Waals surface area contributed by atoms with Crippen LogP contribution in [0.1, 0.15) is 17.0 Å². The highest BCUT2D eigenvalue weighted by Crippen LogP contribution is 2.21. The molecule has 1 amide bonds. The Morgan fingerprint density at radius 2 is 2.05 bits per heavy atom. The molecule has 0 atom stereocenters. The summed E-state index contributed by atoms with van der Waals surface area (Å²) in [5, 5.41) is 11.0. The number of rotatable bonds is 6. The van der Waals surface area contributed by atoms with E-state index in [0.717, 1.165) is 16.8 Å². The van der Waals surface area contributed by atoms with Crippen LogP contribution in [0.2, 0.25) is 0 Å². The van der Waals surface area contributed by atoms with Gasteiger partial charge in [0.2, 0.25) is 11.8 Å². The van der Waals surface area contributed by atoms with Crippen molar-refractivity contribution in [3.63, 3.8) is 0 Å². The molecule has 1 aromatic carbocycles. The van der Waals surface area contributed by atoms with E-state index in [1.807, 2.05) is 32.0 Å². The smallest absolute Gasteiger partial charge is 0.277 e. The Kier molecular flexibility index (Phi) is 5.35. The summed E-state index contributed by atoms with van der Waals surface area (Å²) in [6.07, 6.45) is 0.544. The summed E-state index contributed by atoms with van der Waals surface area (Å²) < 4.78 is 5.35. The second kappa shape index (κ2) is 7.24. The fourth-order valence-electron chi connectivity index (χ4n) is 1.84. The molecule has 0 aliphatic rings. The van der Waals surface area contributed by atoms with Crippen LogP contribution in [0.25, 0.3) is 0 Å². The van der Waals surface area contributed by atoms with E-state index >= 15 is 0 Å². The van der Waals surface area contributed by atoms with E-state index in [2.05, 4.69) is 15.5 Å². The van der Waals surface area contributed by atoms with Gasteiger partial charge in [-0.15, -0.1) is 10.2 Å². The standard InChI is InChI=1S/C14H18N4O2S/c1-9-4-3-5-10(2)13(9)16-11(19)8-21-14-18-17-12(20-14)6-7-15/h3-5H,6-8,15H2,1-2H3,(H,16,19). The molecule has 21 heavy (non-hydrogen) atoms. The maximum absolute atomic E-state index is 12.0. The summed E-state index contributed by atoms with van der Waals surface area (Å²) in [6.45, 7) is 4.39. The number of hydrogen-bond donors (Lipinski definition) is 2. The summed E-state index contributed by atoms with van der Waals surface area (Å²) >= 11 is 1.21. The molecule has 2 aromatic rings. The highest BCUT2D eigenvalue weighted by atomic mass is 32.2. The fourth-order valence-corrected chi connectivity index (χ4v) is 2.42. The van der Waals surface area contributed by atoms with Crippen LogP contribution in [0.3, 0.4) is 0 Å². The van der Waals surface area contributed by atoms with Crippen molar-refractivity contribution < 1.29 is 9.21 Å². The van der Waals surface area contributed by atoms with Crippen LogP contribution < -0.4 is 11.1 Å². The summed E-state index contributed by atoms with van der Waals surface area (Å²) in [5.74, 6) is 0.615. The van der Waals surface area contributed by atoms with Gasteiger partial charge in [-0.3, -0.25) is 4.79 Å². The molecular formula is C14H18N4O2S. The van der Waals surface area contributed by atoms with Gasteiger partial charge in [-0.1, -0.05) is 30.0 Å². The topological polar surface area (TPSA) is 94.0 Å². The molecule has 0 bridgehead atoms. The lowest BCUT2D eigenvalue weighted by molar-refractivity contribution is -0.113. The molecule has 0 aliphatic heterocycles. The monoisotopic (exact) mass is 306 g/mol. The lowest BCUT2D eigenvalue weighted by atomic mass is 10.1. The lowest BCUT2D eigenvalue weighted by Crippen LogP contribution is -2.15. The molecule has 0 aliphatic carbocycles. The number of carbonyl (C=O) groups is 1. The minimum atomic E-state index is -0.101. The number of carbonyl (C=O) groups excluding carboxylic acids is 1. The van der Waals surface area contributed by atoms with Crippen LogP contribution in [-0.2, 0) is 11.2 Å². The predicted octanol–water partition coefficient (Wildman–Crippen LogP) is 1.92. The number of aryl methyl sites for hydroxylation is 2. The number of aromatic nitrogens is 2. The maximum atomic E-state index is 12.0. The van der Waals surface area contributed by atoms with E-state index in [1.54, 1.807) is 0 Å². The van der Waals surface area contributed by atoms with Crippen LogP contribution in [-0.4, -0.2) is 28.4 Å². The van der Waals surface area contributed by atoms with Crippen molar-refractivity contribution in [2.24, 2.45) is 5.73 Å². The van der Waals surface area contributed by atoms with Crippen molar-refractivity contribution in [2.45, 2.75) is 25.5 Å². The number of thioether (sulfide) groups is 1. The summed E-state index contributed by atoms with van der Waals surface area (Å²) in [6, 6.07) is 5.90. The third kappa shape index (κ3) is 4.30. The van der Waals surface area contributed by atoms with E-state index in [0.29, 0.717) is 24.1 Å². The molecule has 0 fully saturated rings. The number of nitrogens with two attached hydrogens (primary N) is 1.